The maximum absolute atomic E-state index is 12.7. The first-order chi connectivity index (χ1) is 17.8. The highest BCUT2D eigenvalue weighted by Crippen LogP contribution is 2.40. The highest BCUT2D eigenvalue weighted by atomic mass is 16.1. The van der Waals surface area contributed by atoms with Crippen molar-refractivity contribution in [2.75, 3.05) is 0 Å². The molecule has 2 unspecified atom stereocenters. The number of carbonyl (C=O) groups excluding carboxylic acids is 1. The van der Waals surface area contributed by atoms with E-state index in [4.69, 9.17) is 4.99 Å². The molecule has 2 nitrogen and oxygen atoms in total. The predicted molar refractivity (Wildman–Crippen MR) is 160 cm³/mol. The number of rotatable bonds is 7. The van der Waals surface area contributed by atoms with Gasteiger partial charge in [-0.2, -0.15) is 0 Å². The molecule has 5 rings (SSSR count). The Balaban J connectivity index is 0.00000149. The van der Waals surface area contributed by atoms with Gasteiger partial charge in [0, 0.05) is 29.2 Å². The van der Waals surface area contributed by atoms with Crippen LogP contribution in [-0.4, -0.2) is 11.5 Å². The van der Waals surface area contributed by atoms with Crippen LogP contribution in [0.25, 0.3) is 0 Å². The van der Waals surface area contributed by atoms with E-state index >= 15 is 0 Å². The topological polar surface area (TPSA) is 29.4 Å². The van der Waals surface area contributed by atoms with Crippen molar-refractivity contribution in [2.45, 2.75) is 102 Å². The van der Waals surface area contributed by atoms with Gasteiger partial charge in [0.25, 0.3) is 0 Å². The molecule has 2 saturated carbocycles. The minimum atomic E-state index is 0. The molecular formula is C34H51NO. The number of Topliss-reactive ketones (excluding diaryl/α,β-unsaturated/α-hetero) is 1. The van der Waals surface area contributed by atoms with E-state index in [1.165, 1.54) is 93.0 Å². The molecule has 1 aromatic carbocycles. The van der Waals surface area contributed by atoms with Crippen molar-refractivity contribution >= 4 is 11.5 Å². The smallest absolute Gasteiger partial charge is 0.137 e. The fraction of sp³-hybridized carbons (Fsp3) is 0.529. The van der Waals surface area contributed by atoms with Crippen LogP contribution in [0.1, 0.15) is 111 Å². The maximum Gasteiger partial charge on any atom is 0.137 e. The summed E-state index contributed by atoms with van der Waals surface area (Å²) >= 11 is 0. The SMILES string of the molecule is C=C.O=C(CCC1CCCCC1)Cc1cccc(C2CCCC(C3=NC=CCC4=C3C=CCC4)C2)c1.[HH].[HH].[HH]. The van der Waals surface area contributed by atoms with Gasteiger partial charge < -0.3 is 0 Å². The van der Waals surface area contributed by atoms with Crippen LogP contribution in [0, 0.1) is 11.8 Å². The Morgan fingerprint density at radius 1 is 1.00 bits per heavy atom. The van der Waals surface area contributed by atoms with Gasteiger partial charge in [0.1, 0.15) is 5.78 Å². The molecule has 1 heterocycles. The van der Waals surface area contributed by atoms with Gasteiger partial charge in [-0.25, -0.2) is 0 Å². The van der Waals surface area contributed by atoms with E-state index in [0.717, 1.165) is 25.2 Å². The maximum atomic E-state index is 12.7. The lowest BCUT2D eigenvalue weighted by Crippen LogP contribution is -2.24. The molecule has 0 saturated heterocycles. The second-order valence-electron chi connectivity index (χ2n) is 11.1. The van der Waals surface area contributed by atoms with Crippen molar-refractivity contribution in [3.63, 3.8) is 0 Å². The van der Waals surface area contributed by atoms with Crippen LogP contribution in [0.3, 0.4) is 0 Å². The summed E-state index contributed by atoms with van der Waals surface area (Å²) in [5, 5.41) is 0. The fourth-order valence-corrected chi connectivity index (χ4v) is 6.77. The molecule has 1 aromatic rings. The molecule has 1 aliphatic heterocycles. The summed E-state index contributed by atoms with van der Waals surface area (Å²) < 4.78 is 0. The third kappa shape index (κ3) is 7.05. The van der Waals surface area contributed by atoms with Crippen molar-refractivity contribution in [3.05, 3.63) is 84.1 Å². The lowest BCUT2D eigenvalue weighted by Gasteiger charge is -2.32. The van der Waals surface area contributed by atoms with E-state index < -0.39 is 0 Å². The van der Waals surface area contributed by atoms with Crippen molar-refractivity contribution in [1.82, 2.24) is 0 Å². The van der Waals surface area contributed by atoms with E-state index in [0.29, 0.717) is 24.0 Å². The Kier molecular flexibility index (Phi) is 10.1. The summed E-state index contributed by atoms with van der Waals surface area (Å²) in [7, 11) is 0. The molecule has 3 aliphatic carbocycles. The Labute approximate surface area is 223 Å². The second kappa shape index (κ2) is 13.7. The number of hydrogen-bond acceptors (Lipinski definition) is 2. The number of aliphatic imine (C=N–C) groups is 1. The van der Waals surface area contributed by atoms with Crippen LogP contribution in [-0.2, 0) is 11.2 Å². The quantitative estimate of drug-likeness (QED) is 0.350. The zero-order valence-electron chi connectivity index (χ0n) is 22.2. The van der Waals surface area contributed by atoms with E-state index in [1.54, 1.807) is 5.57 Å². The normalized spacial score (nSPS) is 24.3. The predicted octanol–water partition coefficient (Wildman–Crippen LogP) is 9.98. The number of allylic oxidation sites excluding steroid dienone is 5. The monoisotopic (exact) mass is 489 g/mol. The summed E-state index contributed by atoms with van der Waals surface area (Å²) in [4.78, 5) is 17.7. The summed E-state index contributed by atoms with van der Waals surface area (Å²) in [6, 6.07) is 8.97. The van der Waals surface area contributed by atoms with Gasteiger partial charge in [0.15, 0.2) is 0 Å². The molecule has 0 bridgehead atoms. The average molecular weight is 490 g/mol. The van der Waals surface area contributed by atoms with E-state index in [9.17, 15) is 4.79 Å². The first kappa shape index (κ1) is 26.6. The Bertz CT molecular complexity index is 1020. The molecule has 0 aromatic heterocycles. The minimum absolute atomic E-state index is 0. The Morgan fingerprint density at radius 3 is 2.69 bits per heavy atom. The first-order valence-corrected chi connectivity index (χ1v) is 14.5. The van der Waals surface area contributed by atoms with Crippen LogP contribution < -0.4 is 0 Å². The Morgan fingerprint density at radius 2 is 1.83 bits per heavy atom. The molecule has 2 fully saturated rings. The zero-order valence-corrected chi connectivity index (χ0v) is 22.2. The lowest BCUT2D eigenvalue weighted by molar-refractivity contribution is -0.118. The first-order valence-electron chi connectivity index (χ1n) is 14.5. The van der Waals surface area contributed by atoms with E-state index in [1.807, 2.05) is 6.20 Å². The molecule has 0 radical (unpaired) electrons. The summed E-state index contributed by atoms with van der Waals surface area (Å²) in [5.74, 6) is 2.32. The van der Waals surface area contributed by atoms with Crippen LogP contribution in [0.5, 0.6) is 0 Å². The van der Waals surface area contributed by atoms with Gasteiger partial charge >= 0.3 is 0 Å². The van der Waals surface area contributed by atoms with Crippen LogP contribution in [0.15, 0.2) is 78.0 Å². The lowest BCUT2D eigenvalue weighted by atomic mass is 9.73. The molecule has 0 spiro atoms. The van der Waals surface area contributed by atoms with Gasteiger partial charge in [-0.15, -0.1) is 13.2 Å². The van der Waals surface area contributed by atoms with Gasteiger partial charge in [-0.05, 0) is 73.5 Å². The van der Waals surface area contributed by atoms with Crippen LogP contribution in [0.2, 0.25) is 0 Å². The molecule has 2 atom stereocenters. The number of carbonyl (C=O) groups is 1. The molecule has 36 heavy (non-hydrogen) atoms. The van der Waals surface area contributed by atoms with Crippen molar-refractivity contribution in [1.29, 1.82) is 0 Å². The van der Waals surface area contributed by atoms with Crippen molar-refractivity contribution < 1.29 is 9.07 Å². The number of ketones is 1. The minimum Gasteiger partial charge on any atom is -0.299 e. The summed E-state index contributed by atoms with van der Waals surface area (Å²) in [6.07, 6.45) is 26.5. The van der Waals surface area contributed by atoms with Gasteiger partial charge in [-0.1, -0.05) is 86.6 Å². The highest BCUT2D eigenvalue weighted by molar-refractivity contribution is 6.05. The third-order valence-electron chi connectivity index (χ3n) is 8.68. The van der Waals surface area contributed by atoms with Gasteiger partial charge in [0.05, 0.1) is 5.71 Å². The number of benzene rings is 1. The van der Waals surface area contributed by atoms with Gasteiger partial charge in [0.2, 0.25) is 0 Å². The van der Waals surface area contributed by atoms with Crippen molar-refractivity contribution in [2.24, 2.45) is 16.8 Å². The third-order valence-corrected chi connectivity index (χ3v) is 8.68. The Hall–Kier alpha value is -2.48. The molecule has 0 amide bonds. The van der Waals surface area contributed by atoms with Crippen molar-refractivity contribution in [3.8, 4) is 0 Å². The van der Waals surface area contributed by atoms with Crippen LogP contribution >= 0.6 is 0 Å². The fourth-order valence-electron chi connectivity index (χ4n) is 6.77. The molecule has 198 valence electrons. The molecule has 4 aliphatic rings. The largest absolute Gasteiger partial charge is 0.299 e. The van der Waals surface area contributed by atoms with Crippen LogP contribution in [0.4, 0.5) is 0 Å². The number of hydrogen-bond donors (Lipinski definition) is 0. The van der Waals surface area contributed by atoms with Gasteiger partial charge in [-0.3, -0.25) is 9.79 Å². The molecule has 0 N–H and O–H groups in total. The summed E-state index contributed by atoms with van der Waals surface area (Å²) in [6.45, 7) is 6.00. The molecular weight excluding hydrogens is 438 g/mol. The van der Waals surface area contributed by atoms with E-state index in [2.05, 4.69) is 55.7 Å². The standard InChI is InChI=1S/C32H41NO.C2H4.3H2/c34-30(19-18-24-9-2-1-3-10-24)22-25-11-6-13-27(21-25)28-14-7-15-29(23-28)32-31-17-5-4-12-26(31)16-8-20-33-32;1-2;;;/h5-6,8,11,13,17,20-21,24,28-29H,1-4,7,9-10,12,14-16,18-19,22-23H2;1-2H2;3*1H. The highest BCUT2D eigenvalue weighted by Gasteiger charge is 2.29. The summed E-state index contributed by atoms with van der Waals surface area (Å²) in [5.41, 5.74) is 6.98. The zero-order chi connectivity index (χ0) is 25.2. The molecule has 2 heteroatoms. The second-order valence-corrected chi connectivity index (χ2v) is 11.1. The number of nitrogens with zero attached hydrogens (tertiary/aromatic N) is 1. The van der Waals surface area contributed by atoms with E-state index in [-0.39, 0.29) is 4.28 Å². The average Bonchev–Trinajstić information content (AvgIpc) is 3.17.